The van der Waals surface area contributed by atoms with Gasteiger partial charge in [0.2, 0.25) is 0 Å². The van der Waals surface area contributed by atoms with E-state index in [-0.39, 0.29) is 11.9 Å². The lowest BCUT2D eigenvalue weighted by Gasteiger charge is -2.20. The Hall–Kier alpha value is -1.10. The van der Waals surface area contributed by atoms with E-state index in [0.29, 0.717) is 15.2 Å². The van der Waals surface area contributed by atoms with Gasteiger partial charge in [0.25, 0.3) is 0 Å². The van der Waals surface area contributed by atoms with E-state index < -0.39 is 0 Å². The fraction of sp³-hybridized carbons (Fsp3) is 0.250. The maximum Gasteiger partial charge on any atom is 0.137 e. The molecule has 0 aliphatic carbocycles. The van der Waals surface area contributed by atoms with E-state index in [2.05, 4.69) is 21.2 Å². The van der Waals surface area contributed by atoms with Crippen molar-refractivity contribution in [2.24, 2.45) is 0 Å². The van der Waals surface area contributed by atoms with Crippen molar-refractivity contribution in [1.82, 2.24) is 5.32 Å². The molecule has 2 aromatic rings. The summed E-state index contributed by atoms with van der Waals surface area (Å²) in [5.41, 5.74) is 1.98. The van der Waals surface area contributed by atoms with E-state index >= 15 is 0 Å². The van der Waals surface area contributed by atoms with Crippen LogP contribution in [0.15, 0.2) is 40.9 Å². The molecule has 0 saturated carbocycles. The lowest BCUT2D eigenvalue weighted by Crippen LogP contribution is -2.22. The van der Waals surface area contributed by atoms with Crippen LogP contribution in [0.3, 0.4) is 0 Å². The number of ether oxygens (including phenoxy) is 1. The van der Waals surface area contributed by atoms with Crippen LogP contribution in [0.4, 0.5) is 4.39 Å². The summed E-state index contributed by atoms with van der Waals surface area (Å²) in [6, 6.07) is 10.6. The SMILES string of the molecule is CCNC(c1ccc(F)c(Br)c1)c1ccc(Cl)c(OC)c1. The van der Waals surface area contributed by atoms with Gasteiger partial charge in [-0.25, -0.2) is 4.39 Å². The number of rotatable bonds is 5. The van der Waals surface area contributed by atoms with Crippen LogP contribution in [-0.4, -0.2) is 13.7 Å². The Morgan fingerprint density at radius 2 is 1.90 bits per heavy atom. The fourth-order valence-electron chi connectivity index (χ4n) is 2.18. The molecule has 21 heavy (non-hydrogen) atoms. The molecule has 1 N–H and O–H groups in total. The Bertz CT molecular complexity index is 636. The Kier molecular flexibility index (Phi) is 5.62. The molecule has 0 spiro atoms. The monoisotopic (exact) mass is 371 g/mol. The largest absolute Gasteiger partial charge is 0.495 e. The first-order chi connectivity index (χ1) is 10.1. The maximum atomic E-state index is 13.4. The molecule has 0 bridgehead atoms. The van der Waals surface area contributed by atoms with Crippen LogP contribution >= 0.6 is 27.5 Å². The first-order valence-corrected chi connectivity index (χ1v) is 7.75. The maximum absolute atomic E-state index is 13.4. The summed E-state index contributed by atoms with van der Waals surface area (Å²) in [5.74, 6) is 0.348. The molecule has 0 saturated heterocycles. The van der Waals surface area contributed by atoms with Crippen molar-refractivity contribution in [1.29, 1.82) is 0 Å². The molecule has 0 amide bonds. The Morgan fingerprint density at radius 3 is 2.52 bits per heavy atom. The van der Waals surface area contributed by atoms with Gasteiger partial charge in [-0.05, 0) is 57.9 Å². The average molecular weight is 373 g/mol. The van der Waals surface area contributed by atoms with Gasteiger partial charge in [0, 0.05) is 0 Å². The number of hydrogen-bond acceptors (Lipinski definition) is 2. The first kappa shape index (κ1) is 16.3. The van der Waals surface area contributed by atoms with Crippen molar-refractivity contribution in [2.45, 2.75) is 13.0 Å². The molecule has 112 valence electrons. The molecule has 5 heteroatoms. The highest BCUT2D eigenvalue weighted by Crippen LogP contribution is 2.31. The number of benzene rings is 2. The van der Waals surface area contributed by atoms with E-state index in [1.54, 1.807) is 25.3 Å². The normalized spacial score (nSPS) is 12.2. The summed E-state index contributed by atoms with van der Waals surface area (Å²) >= 11 is 9.30. The van der Waals surface area contributed by atoms with Gasteiger partial charge in [-0.15, -0.1) is 0 Å². The van der Waals surface area contributed by atoms with Gasteiger partial charge in [0.05, 0.1) is 22.6 Å². The average Bonchev–Trinajstić information content (AvgIpc) is 2.48. The summed E-state index contributed by atoms with van der Waals surface area (Å²) in [7, 11) is 1.59. The minimum Gasteiger partial charge on any atom is -0.495 e. The highest BCUT2D eigenvalue weighted by Gasteiger charge is 2.16. The van der Waals surface area contributed by atoms with Crippen LogP contribution in [-0.2, 0) is 0 Å². The molecule has 0 aliphatic heterocycles. The van der Waals surface area contributed by atoms with Gasteiger partial charge in [-0.3, -0.25) is 0 Å². The summed E-state index contributed by atoms with van der Waals surface area (Å²) < 4.78 is 19.1. The molecule has 2 aromatic carbocycles. The van der Waals surface area contributed by atoms with Crippen molar-refractivity contribution < 1.29 is 9.13 Å². The zero-order chi connectivity index (χ0) is 15.4. The highest BCUT2D eigenvalue weighted by atomic mass is 79.9. The van der Waals surface area contributed by atoms with Gasteiger partial charge in [-0.1, -0.05) is 30.7 Å². The minimum atomic E-state index is -0.275. The van der Waals surface area contributed by atoms with Crippen LogP contribution in [0.25, 0.3) is 0 Å². The van der Waals surface area contributed by atoms with Gasteiger partial charge in [0.15, 0.2) is 0 Å². The summed E-state index contributed by atoms with van der Waals surface area (Å²) in [6.07, 6.45) is 0. The van der Waals surface area contributed by atoms with E-state index in [1.807, 2.05) is 19.1 Å². The number of nitrogens with one attached hydrogen (secondary N) is 1. The van der Waals surface area contributed by atoms with Crippen LogP contribution in [0.1, 0.15) is 24.1 Å². The first-order valence-electron chi connectivity index (χ1n) is 6.58. The van der Waals surface area contributed by atoms with E-state index in [9.17, 15) is 4.39 Å². The van der Waals surface area contributed by atoms with Gasteiger partial charge < -0.3 is 10.1 Å². The second-order valence-electron chi connectivity index (χ2n) is 4.56. The second-order valence-corrected chi connectivity index (χ2v) is 5.82. The van der Waals surface area contributed by atoms with Crippen LogP contribution in [0, 0.1) is 5.82 Å². The van der Waals surface area contributed by atoms with Crippen LogP contribution < -0.4 is 10.1 Å². The van der Waals surface area contributed by atoms with Crippen LogP contribution in [0.2, 0.25) is 5.02 Å². The van der Waals surface area contributed by atoms with Crippen molar-refractivity contribution in [3.05, 3.63) is 62.8 Å². The van der Waals surface area contributed by atoms with Gasteiger partial charge in [-0.2, -0.15) is 0 Å². The predicted octanol–water partition coefficient (Wildman–Crippen LogP) is 4.95. The molecule has 1 unspecified atom stereocenters. The number of halogens is 3. The van der Waals surface area contributed by atoms with Crippen molar-refractivity contribution >= 4 is 27.5 Å². The third-order valence-corrected chi connectivity index (χ3v) is 4.11. The molecule has 2 rings (SSSR count). The van der Waals surface area contributed by atoms with Gasteiger partial charge in [0.1, 0.15) is 11.6 Å². The Labute approximate surface area is 137 Å². The second kappa shape index (κ2) is 7.25. The topological polar surface area (TPSA) is 21.3 Å². The summed E-state index contributed by atoms with van der Waals surface area (Å²) in [4.78, 5) is 0. The summed E-state index contributed by atoms with van der Waals surface area (Å²) in [6.45, 7) is 2.81. The summed E-state index contributed by atoms with van der Waals surface area (Å²) in [5, 5.41) is 3.96. The molecule has 1 atom stereocenters. The fourth-order valence-corrected chi connectivity index (χ4v) is 2.77. The third-order valence-electron chi connectivity index (χ3n) is 3.19. The van der Waals surface area contributed by atoms with E-state index in [1.165, 1.54) is 6.07 Å². The van der Waals surface area contributed by atoms with Crippen molar-refractivity contribution in [3.8, 4) is 5.75 Å². The molecule has 0 fully saturated rings. The lowest BCUT2D eigenvalue weighted by molar-refractivity contribution is 0.414. The molecule has 2 nitrogen and oxygen atoms in total. The minimum absolute atomic E-state index is 0.0573. The third kappa shape index (κ3) is 3.76. The smallest absolute Gasteiger partial charge is 0.137 e. The number of hydrogen-bond donors (Lipinski definition) is 1. The molecule has 0 aromatic heterocycles. The zero-order valence-electron chi connectivity index (χ0n) is 11.8. The number of methoxy groups -OCH3 is 1. The highest BCUT2D eigenvalue weighted by molar-refractivity contribution is 9.10. The van der Waals surface area contributed by atoms with E-state index in [0.717, 1.165) is 17.7 Å². The van der Waals surface area contributed by atoms with Crippen LogP contribution in [0.5, 0.6) is 5.75 Å². The molecule has 0 heterocycles. The molecular formula is C16H16BrClFNO. The van der Waals surface area contributed by atoms with Crippen molar-refractivity contribution in [2.75, 3.05) is 13.7 Å². The standard InChI is InChI=1S/C16H16BrClFNO/c1-3-20-16(10-5-7-14(19)12(17)8-10)11-4-6-13(18)15(9-11)21-2/h4-9,16,20H,3H2,1-2H3. The predicted molar refractivity (Wildman–Crippen MR) is 87.6 cm³/mol. The van der Waals surface area contributed by atoms with Crippen molar-refractivity contribution in [3.63, 3.8) is 0 Å². The van der Waals surface area contributed by atoms with E-state index in [4.69, 9.17) is 16.3 Å². The zero-order valence-corrected chi connectivity index (χ0v) is 14.1. The molecular weight excluding hydrogens is 357 g/mol. The lowest BCUT2D eigenvalue weighted by atomic mass is 9.98. The Balaban J connectivity index is 2.44. The molecule has 0 aliphatic rings. The molecule has 0 radical (unpaired) electrons. The van der Waals surface area contributed by atoms with Gasteiger partial charge >= 0.3 is 0 Å². The Morgan fingerprint density at radius 1 is 1.24 bits per heavy atom. The quantitative estimate of drug-likeness (QED) is 0.802.